The van der Waals surface area contributed by atoms with E-state index in [1.165, 1.54) is 7.11 Å². The fourth-order valence-electron chi connectivity index (χ4n) is 3.25. The van der Waals surface area contributed by atoms with Gasteiger partial charge in [0.2, 0.25) is 5.91 Å². The predicted octanol–water partition coefficient (Wildman–Crippen LogP) is 5.00. The molecule has 3 aromatic rings. The van der Waals surface area contributed by atoms with Crippen LogP contribution in [0.15, 0.2) is 84.0 Å². The van der Waals surface area contributed by atoms with Gasteiger partial charge in [0, 0.05) is 10.7 Å². The highest BCUT2D eigenvalue weighted by Crippen LogP contribution is 2.28. The molecule has 3 rings (SSSR count). The van der Waals surface area contributed by atoms with Crippen LogP contribution in [-0.2, 0) is 9.59 Å². The van der Waals surface area contributed by atoms with Crippen LogP contribution in [0, 0.1) is 0 Å². The number of halogens is 1. The lowest BCUT2D eigenvalue weighted by molar-refractivity contribution is -0.121. The second-order valence-corrected chi connectivity index (χ2v) is 7.58. The average molecular weight is 450 g/mol. The Morgan fingerprint density at radius 2 is 1.56 bits per heavy atom. The van der Waals surface area contributed by atoms with Crippen molar-refractivity contribution in [3.63, 3.8) is 0 Å². The van der Waals surface area contributed by atoms with Crippen LogP contribution in [0.2, 0.25) is 5.02 Å². The van der Waals surface area contributed by atoms with Gasteiger partial charge in [0.15, 0.2) is 0 Å². The number of nitrogens with zero attached hydrogens (tertiary/aromatic N) is 1. The van der Waals surface area contributed by atoms with Crippen LogP contribution in [0.5, 0.6) is 5.75 Å². The molecule has 0 atom stereocenters. The third-order valence-electron chi connectivity index (χ3n) is 4.74. The molecule has 0 spiro atoms. The van der Waals surface area contributed by atoms with Crippen molar-refractivity contribution in [2.75, 3.05) is 12.4 Å². The molecule has 3 aromatic carbocycles. The molecule has 0 saturated carbocycles. The van der Waals surface area contributed by atoms with Crippen molar-refractivity contribution in [1.29, 1.82) is 0 Å². The summed E-state index contributed by atoms with van der Waals surface area (Å²) in [6.07, 6.45) is -0.00269. The van der Waals surface area contributed by atoms with E-state index in [2.05, 4.69) is 15.8 Å². The molecule has 0 bridgehead atoms. The monoisotopic (exact) mass is 449 g/mol. The minimum absolute atomic E-state index is 0.00269. The first kappa shape index (κ1) is 23.0. The Morgan fingerprint density at radius 1 is 0.969 bits per heavy atom. The minimum atomic E-state index is -0.515. The van der Waals surface area contributed by atoms with E-state index in [4.69, 9.17) is 16.3 Å². The lowest BCUT2D eigenvalue weighted by Gasteiger charge is -2.16. The summed E-state index contributed by atoms with van der Waals surface area (Å²) in [5.74, 6) is -0.597. The fraction of sp³-hybridized carbons (Fsp3) is 0.160. The van der Waals surface area contributed by atoms with E-state index in [0.29, 0.717) is 22.2 Å². The van der Waals surface area contributed by atoms with E-state index in [1.54, 1.807) is 25.1 Å². The van der Waals surface area contributed by atoms with Crippen LogP contribution in [0.25, 0.3) is 0 Å². The predicted molar refractivity (Wildman–Crippen MR) is 127 cm³/mol. The van der Waals surface area contributed by atoms with E-state index >= 15 is 0 Å². The average Bonchev–Trinajstić information content (AvgIpc) is 2.79. The molecule has 2 amide bonds. The molecule has 0 aromatic heterocycles. The van der Waals surface area contributed by atoms with Gasteiger partial charge in [0.25, 0.3) is 5.91 Å². The lowest BCUT2D eigenvalue weighted by atomic mass is 9.91. The van der Waals surface area contributed by atoms with Crippen LogP contribution >= 0.6 is 11.6 Å². The normalized spacial score (nSPS) is 11.2. The van der Waals surface area contributed by atoms with Gasteiger partial charge >= 0.3 is 0 Å². The summed E-state index contributed by atoms with van der Waals surface area (Å²) >= 11 is 6.00. The second-order valence-electron chi connectivity index (χ2n) is 7.15. The van der Waals surface area contributed by atoms with Gasteiger partial charge in [-0.3, -0.25) is 9.59 Å². The third kappa shape index (κ3) is 6.18. The number of amides is 2. The van der Waals surface area contributed by atoms with E-state index in [9.17, 15) is 9.59 Å². The van der Waals surface area contributed by atoms with Crippen molar-refractivity contribution in [2.24, 2.45) is 5.10 Å². The van der Waals surface area contributed by atoms with E-state index in [1.807, 2.05) is 60.7 Å². The number of hydrazone groups is 1. The Bertz CT molecular complexity index is 1060. The van der Waals surface area contributed by atoms with Crippen LogP contribution in [0.1, 0.15) is 30.4 Å². The largest absolute Gasteiger partial charge is 0.495 e. The highest BCUT2D eigenvalue weighted by molar-refractivity contribution is 6.31. The van der Waals surface area contributed by atoms with Crippen molar-refractivity contribution in [3.8, 4) is 5.75 Å². The van der Waals surface area contributed by atoms with E-state index in [0.717, 1.165) is 11.1 Å². The molecule has 0 heterocycles. The van der Waals surface area contributed by atoms with Crippen molar-refractivity contribution in [3.05, 3.63) is 95.0 Å². The molecule has 0 radical (unpaired) electrons. The van der Waals surface area contributed by atoms with E-state index < -0.39 is 5.92 Å². The van der Waals surface area contributed by atoms with Gasteiger partial charge in [-0.2, -0.15) is 5.10 Å². The first-order chi connectivity index (χ1) is 15.5. The molecule has 164 valence electrons. The molecule has 0 aliphatic heterocycles. The van der Waals surface area contributed by atoms with E-state index in [-0.39, 0.29) is 18.2 Å². The van der Waals surface area contributed by atoms with Crippen LogP contribution in [0.3, 0.4) is 0 Å². The van der Waals surface area contributed by atoms with Crippen molar-refractivity contribution >= 4 is 34.8 Å². The van der Waals surface area contributed by atoms with Crippen molar-refractivity contribution < 1.29 is 14.3 Å². The Morgan fingerprint density at radius 3 is 2.12 bits per heavy atom. The molecule has 0 unspecified atom stereocenters. The van der Waals surface area contributed by atoms with Gasteiger partial charge in [-0.05, 0) is 36.2 Å². The van der Waals surface area contributed by atoms with Gasteiger partial charge in [-0.25, -0.2) is 5.43 Å². The standard InChI is InChI=1S/C25H24ClN3O3/c1-17(15-23(30)27-21-16-20(26)13-14-22(21)32-2)28-29-25(31)24(18-9-5-3-6-10-18)19-11-7-4-8-12-19/h3-14,16,24H,15H2,1-2H3,(H,27,30)(H,29,31). The van der Waals surface area contributed by atoms with Gasteiger partial charge in [-0.1, -0.05) is 72.3 Å². The molecule has 7 heteroatoms. The van der Waals surface area contributed by atoms with Crippen molar-refractivity contribution in [1.82, 2.24) is 5.43 Å². The molecular weight excluding hydrogens is 426 g/mol. The first-order valence-electron chi connectivity index (χ1n) is 10.0. The Labute approximate surface area is 192 Å². The lowest BCUT2D eigenvalue weighted by Crippen LogP contribution is -2.27. The summed E-state index contributed by atoms with van der Waals surface area (Å²) in [6, 6.07) is 23.9. The van der Waals surface area contributed by atoms with Gasteiger partial charge in [0.1, 0.15) is 5.75 Å². The highest BCUT2D eigenvalue weighted by Gasteiger charge is 2.22. The second kappa shape index (κ2) is 11.1. The summed E-state index contributed by atoms with van der Waals surface area (Å²) in [5.41, 5.74) is 5.24. The number of ether oxygens (including phenoxy) is 1. The number of hydrogen-bond acceptors (Lipinski definition) is 4. The molecule has 2 N–H and O–H groups in total. The molecule has 0 aliphatic rings. The number of hydrogen-bond donors (Lipinski definition) is 2. The number of benzene rings is 3. The number of methoxy groups -OCH3 is 1. The van der Waals surface area contributed by atoms with Crippen LogP contribution < -0.4 is 15.5 Å². The summed E-state index contributed by atoms with van der Waals surface area (Å²) in [5, 5.41) is 7.37. The smallest absolute Gasteiger partial charge is 0.252 e. The summed E-state index contributed by atoms with van der Waals surface area (Å²) < 4.78 is 5.23. The number of carbonyl (C=O) groups is 2. The van der Waals surface area contributed by atoms with Gasteiger partial charge in [-0.15, -0.1) is 0 Å². The summed E-state index contributed by atoms with van der Waals surface area (Å²) in [6.45, 7) is 1.68. The van der Waals surface area contributed by atoms with Gasteiger partial charge < -0.3 is 10.1 Å². The highest BCUT2D eigenvalue weighted by atomic mass is 35.5. The molecule has 6 nitrogen and oxygen atoms in total. The molecule has 0 aliphatic carbocycles. The maximum Gasteiger partial charge on any atom is 0.252 e. The summed E-state index contributed by atoms with van der Waals surface area (Å²) in [7, 11) is 1.51. The SMILES string of the molecule is COc1ccc(Cl)cc1NC(=O)CC(C)=NNC(=O)C(c1ccccc1)c1ccccc1. The van der Waals surface area contributed by atoms with Crippen LogP contribution in [-0.4, -0.2) is 24.6 Å². The molecule has 0 saturated heterocycles. The Hall–Kier alpha value is -3.64. The first-order valence-corrected chi connectivity index (χ1v) is 10.4. The third-order valence-corrected chi connectivity index (χ3v) is 4.97. The van der Waals surface area contributed by atoms with Crippen LogP contribution in [0.4, 0.5) is 5.69 Å². The quantitative estimate of drug-likeness (QED) is 0.375. The number of anilines is 1. The summed E-state index contributed by atoms with van der Waals surface area (Å²) in [4.78, 5) is 25.4. The number of carbonyl (C=O) groups excluding carboxylic acids is 2. The minimum Gasteiger partial charge on any atom is -0.495 e. The van der Waals surface area contributed by atoms with Gasteiger partial charge in [0.05, 0.1) is 25.1 Å². The zero-order valence-electron chi connectivity index (χ0n) is 17.8. The number of nitrogens with one attached hydrogen (secondary N) is 2. The Kier molecular flexibility index (Phi) is 8.00. The van der Waals surface area contributed by atoms with Crippen molar-refractivity contribution in [2.45, 2.75) is 19.3 Å². The maximum atomic E-state index is 13.0. The molecule has 0 fully saturated rings. The molecular formula is C25H24ClN3O3. The topological polar surface area (TPSA) is 79.8 Å². The fourth-order valence-corrected chi connectivity index (χ4v) is 3.42. The maximum absolute atomic E-state index is 13.0. The zero-order chi connectivity index (χ0) is 22.9. The Balaban J connectivity index is 1.68. The number of rotatable bonds is 8. The zero-order valence-corrected chi connectivity index (χ0v) is 18.6. The molecule has 32 heavy (non-hydrogen) atoms.